The van der Waals surface area contributed by atoms with Crippen molar-refractivity contribution < 1.29 is 14.0 Å². The highest BCUT2D eigenvalue weighted by molar-refractivity contribution is 6.07. The lowest BCUT2D eigenvalue weighted by molar-refractivity contribution is -0.131. The minimum Gasteiger partial charge on any atom is -0.363 e. The van der Waals surface area contributed by atoms with E-state index in [-0.39, 0.29) is 12.1 Å². The van der Waals surface area contributed by atoms with E-state index in [0.717, 1.165) is 16.3 Å². The molecule has 1 aliphatic heterocycles. The molecule has 1 aliphatic rings. The van der Waals surface area contributed by atoms with E-state index in [9.17, 15) is 14.0 Å². The van der Waals surface area contributed by atoms with Crippen LogP contribution in [0.1, 0.15) is 18.1 Å². The van der Waals surface area contributed by atoms with Crippen molar-refractivity contribution in [1.29, 1.82) is 0 Å². The van der Waals surface area contributed by atoms with Crippen molar-refractivity contribution in [3.05, 3.63) is 59.5 Å². The molecule has 0 saturated carbocycles. The minimum absolute atomic E-state index is 0.0953. The summed E-state index contributed by atoms with van der Waals surface area (Å²) < 4.78 is 14.1. The van der Waals surface area contributed by atoms with Crippen LogP contribution in [0.25, 0.3) is 0 Å². The Hall–Kier alpha value is -2.96. The predicted molar refractivity (Wildman–Crippen MR) is 91.4 cm³/mol. The van der Waals surface area contributed by atoms with Crippen LogP contribution in [0.4, 0.5) is 15.0 Å². The molecule has 1 saturated heterocycles. The molecule has 25 heavy (non-hydrogen) atoms. The minimum atomic E-state index is -1.42. The smallest absolute Gasteiger partial charge is 0.325 e. The summed E-state index contributed by atoms with van der Waals surface area (Å²) in [6.07, 6.45) is 1.62. The molecule has 7 heteroatoms. The molecule has 3 amide bonds. The van der Waals surface area contributed by atoms with E-state index >= 15 is 0 Å². The van der Waals surface area contributed by atoms with Crippen LogP contribution in [-0.4, -0.2) is 35.9 Å². The molecule has 0 bridgehead atoms. The summed E-state index contributed by atoms with van der Waals surface area (Å²) >= 11 is 0. The van der Waals surface area contributed by atoms with Gasteiger partial charge in [-0.15, -0.1) is 0 Å². The van der Waals surface area contributed by atoms with Gasteiger partial charge in [0.05, 0.1) is 6.54 Å². The molecule has 1 aromatic heterocycles. The van der Waals surface area contributed by atoms with Crippen molar-refractivity contribution in [3.8, 4) is 0 Å². The van der Waals surface area contributed by atoms with Gasteiger partial charge >= 0.3 is 6.03 Å². The van der Waals surface area contributed by atoms with Crippen LogP contribution in [0.5, 0.6) is 0 Å². The van der Waals surface area contributed by atoms with Crippen LogP contribution in [0.3, 0.4) is 0 Å². The van der Waals surface area contributed by atoms with Crippen molar-refractivity contribution >= 4 is 17.8 Å². The second kappa shape index (κ2) is 6.16. The Morgan fingerprint density at radius 1 is 1.24 bits per heavy atom. The highest BCUT2D eigenvalue weighted by Crippen LogP contribution is 2.31. The van der Waals surface area contributed by atoms with E-state index in [2.05, 4.69) is 10.3 Å². The molecule has 2 aromatic rings. The molecular weight excluding hydrogens is 323 g/mol. The highest BCUT2D eigenvalue weighted by Gasteiger charge is 2.50. The van der Waals surface area contributed by atoms with Crippen LogP contribution in [0.2, 0.25) is 0 Å². The van der Waals surface area contributed by atoms with E-state index in [1.54, 1.807) is 30.5 Å². The van der Waals surface area contributed by atoms with Crippen molar-refractivity contribution in [2.45, 2.75) is 19.0 Å². The fourth-order valence-corrected chi connectivity index (χ4v) is 2.88. The van der Waals surface area contributed by atoms with Gasteiger partial charge in [0.25, 0.3) is 5.91 Å². The molecule has 3 rings (SSSR count). The lowest BCUT2D eigenvalue weighted by atomic mass is 9.91. The number of nitrogens with zero attached hydrogens (tertiary/aromatic N) is 3. The monoisotopic (exact) mass is 342 g/mol. The molecule has 0 spiro atoms. The van der Waals surface area contributed by atoms with E-state index in [1.165, 1.54) is 19.1 Å². The Bertz CT molecular complexity index is 839. The average molecular weight is 342 g/mol. The summed E-state index contributed by atoms with van der Waals surface area (Å²) in [5.41, 5.74) is -0.501. The Balaban J connectivity index is 1.90. The number of benzene rings is 1. The lowest BCUT2D eigenvalue weighted by Gasteiger charge is -2.22. The third kappa shape index (κ3) is 2.93. The molecular formula is C18H19FN4O2. The fraction of sp³-hybridized carbons (Fsp3) is 0.278. The molecule has 2 heterocycles. The number of carbonyl (C=O) groups is 2. The first kappa shape index (κ1) is 16.9. The molecule has 6 nitrogen and oxygen atoms in total. The zero-order valence-corrected chi connectivity index (χ0v) is 14.3. The number of aromatic nitrogens is 1. The van der Waals surface area contributed by atoms with Gasteiger partial charge in [-0.3, -0.25) is 9.69 Å². The van der Waals surface area contributed by atoms with Crippen LogP contribution < -0.4 is 10.2 Å². The predicted octanol–water partition coefficient (Wildman–Crippen LogP) is 2.25. The number of rotatable bonds is 4. The number of carbonyl (C=O) groups excluding carboxylic acids is 2. The Morgan fingerprint density at radius 3 is 2.64 bits per heavy atom. The Kier molecular flexibility index (Phi) is 4.16. The van der Waals surface area contributed by atoms with Gasteiger partial charge in [-0.1, -0.05) is 18.2 Å². The average Bonchev–Trinajstić information content (AvgIpc) is 2.79. The molecule has 0 aliphatic carbocycles. The number of halogens is 1. The van der Waals surface area contributed by atoms with Gasteiger partial charge < -0.3 is 10.2 Å². The number of pyridine rings is 1. The van der Waals surface area contributed by atoms with Crippen molar-refractivity contribution in [2.75, 3.05) is 19.0 Å². The summed E-state index contributed by atoms with van der Waals surface area (Å²) in [4.78, 5) is 32.4. The molecule has 1 fully saturated rings. The molecule has 1 unspecified atom stereocenters. The van der Waals surface area contributed by atoms with Gasteiger partial charge in [-0.05, 0) is 30.7 Å². The highest BCUT2D eigenvalue weighted by atomic mass is 19.1. The number of hydrogen-bond donors (Lipinski definition) is 1. The third-order valence-corrected chi connectivity index (χ3v) is 4.30. The first-order chi connectivity index (χ1) is 11.8. The maximum Gasteiger partial charge on any atom is 0.325 e. The normalized spacial score (nSPS) is 19.9. The molecule has 1 atom stereocenters. The number of urea groups is 1. The van der Waals surface area contributed by atoms with Crippen molar-refractivity contribution in [2.24, 2.45) is 0 Å². The van der Waals surface area contributed by atoms with Crippen LogP contribution in [0, 0.1) is 5.82 Å². The summed E-state index contributed by atoms with van der Waals surface area (Å²) in [5, 5.41) is 2.62. The number of amides is 3. The SMILES string of the molecule is CN(C)c1cc(CN2C(=O)NC(C)(c3ccccc3F)C2=O)ccn1. The zero-order chi connectivity index (χ0) is 18.2. The zero-order valence-electron chi connectivity index (χ0n) is 14.3. The molecule has 1 N–H and O–H groups in total. The van der Waals surface area contributed by atoms with Gasteiger partial charge in [0.1, 0.15) is 17.2 Å². The third-order valence-electron chi connectivity index (χ3n) is 4.30. The van der Waals surface area contributed by atoms with Gasteiger partial charge in [-0.2, -0.15) is 0 Å². The van der Waals surface area contributed by atoms with Gasteiger partial charge in [0, 0.05) is 25.9 Å². The summed E-state index contributed by atoms with van der Waals surface area (Å²) in [7, 11) is 3.71. The largest absolute Gasteiger partial charge is 0.363 e. The van der Waals surface area contributed by atoms with E-state index in [0.29, 0.717) is 0 Å². The first-order valence-electron chi connectivity index (χ1n) is 7.84. The van der Waals surface area contributed by atoms with Crippen LogP contribution in [0.15, 0.2) is 42.6 Å². The summed E-state index contributed by atoms with van der Waals surface area (Å²) in [6, 6.07) is 8.96. The molecule has 1 aromatic carbocycles. The fourth-order valence-electron chi connectivity index (χ4n) is 2.88. The Morgan fingerprint density at radius 2 is 1.96 bits per heavy atom. The standard InChI is InChI=1S/C18H19FN4O2/c1-18(13-6-4-5-7-14(13)19)16(24)23(17(25)21-18)11-12-8-9-20-15(10-12)22(2)3/h4-10H,11H2,1-3H3,(H,21,25). The number of nitrogens with one attached hydrogen (secondary N) is 1. The van der Waals surface area contributed by atoms with Gasteiger partial charge in [-0.25, -0.2) is 14.2 Å². The quantitative estimate of drug-likeness (QED) is 0.866. The van der Waals surface area contributed by atoms with E-state index in [4.69, 9.17) is 0 Å². The van der Waals surface area contributed by atoms with E-state index in [1.807, 2.05) is 19.0 Å². The van der Waals surface area contributed by atoms with Crippen LogP contribution >= 0.6 is 0 Å². The second-order valence-corrected chi connectivity index (χ2v) is 6.34. The lowest BCUT2D eigenvalue weighted by Crippen LogP contribution is -2.41. The van der Waals surface area contributed by atoms with Crippen molar-refractivity contribution in [1.82, 2.24) is 15.2 Å². The Labute approximate surface area is 145 Å². The maximum atomic E-state index is 14.1. The number of hydrogen-bond acceptors (Lipinski definition) is 4. The second-order valence-electron chi connectivity index (χ2n) is 6.34. The van der Waals surface area contributed by atoms with Crippen molar-refractivity contribution in [3.63, 3.8) is 0 Å². The summed E-state index contributed by atoms with van der Waals surface area (Å²) in [5.74, 6) is -0.286. The number of imide groups is 1. The maximum absolute atomic E-state index is 14.1. The molecule has 130 valence electrons. The van der Waals surface area contributed by atoms with Gasteiger partial charge in [0.15, 0.2) is 0 Å². The summed E-state index contributed by atoms with van der Waals surface area (Å²) in [6.45, 7) is 1.61. The topological polar surface area (TPSA) is 65.5 Å². The van der Waals surface area contributed by atoms with Gasteiger partial charge in [0.2, 0.25) is 0 Å². The number of anilines is 1. The van der Waals surface area contributed by atoms with E-state index < -0.39 is 23.3 Å². The molecule has 0 radical (unpaired) electrons. The first-order valence-corrected chi connectivity index (χ1v) is 7.84. The van der Waals surface area contributed by atoms with Crippen LogP contribution in [-0.2, 0) is 16.9 Å².